The van der Waals surface area contributed by atoms with Gasteiger partial charge in [-0.15, -0.1) is 0 Å². The van der Waals surface area contributed by atoms with Crippen molar-refractivity contribution in [3.05, 3.63) is 0 Å². The summed E-state index contributed by atoms with van der Waals surface area (Å²) in [6, 6.07) is 0.785. The average Bonchev–Trinajstić information content (AvgIpc) is 2.32. The van der Waals surface area contributed by atoms with E-state index in [0.29, 0.717) is 13.0 Å². The van der Waals surface area contributed by atoms with Crippen LogP contribution < -0.4 is 5.73 Å². The second-order valence-electron chi connectivity index (χ2n) is 3.24. The Bertz CT molecular complexity index is 166. The van der Waals surface area contributed by atoms with Gasteiger partial charge in [0.2, 0.25) is 0 Å². The van der Waals surface area contributed by atoms with E-state index in [-0.39, 0.29) is 5.78 Å². The molecule has 0 spiro atoms. The molecule has 0 aliphatic heterocycles. The Kier molecular flexibility index (Phi) is 12.7. The molecule has 98 valence electrons. The van der Waals surface area contributed by atoms with Gasteiger partial charge in [-0.2, -0.15) is 0 Å². The van der Waals surface area contributed by atoms with Crippen molar-refractivity contribution in [2.75, 3.05) is 27.9 Å². The van der Waals surface area contributed by atoms with Gasteiger partial charge in [0.15, 0.2) is 0 Å². The second kappa shape index (κ2) is 11.2. The average molecular weight is 251 g/mol. The van der Waals surface area contributed by atoms with Gasteiger partial charge in [0.05, 0.1) is 0 Å². The molecular formula is C10H25NO4Si. The number of hydrogen-bond acceptors (Lipinski definition) is 5. The molecule has 0 aliphatic carbocycles. The van der Waals surface area contributed by atoms with Crippen molar-refractivity contribution in [1.29, 1.82) is 0 Å². The maximum absolute atomic E-state index is 9.81. The highest BCUT2D eigenvalue weighted by Gasteiger charge is 2.36. The van der Waals surface area contributed by atoms with E-state index in [4.69, 9.17) is 19.0 Å². The molecule has 0 saturated heterocycles. The van der Waals surface area contributed by atoms with Gasteiger partial charge >= 0.3 is 8.80 Å². The van der Waals surface area contributed by atoms with E-state index in [1.807, 2.05) is 6.92 Å². The highest BCUT2D eigenvalue weighted by atomic mass is 28.4. The lowest BCUT2D eigenvalue weighted by Crippen LogP contribution is -2.42. The number of rotatable bonds is 7. The third-order valence-electron chi connectivity index (χ3n) is 2.12. The first-order valence-corrected chi connectivity index (χ1v) is 7.30. The van der Waals surface area contributed by atoms with E-state index >= 15 is 0 Å². The Labute approximate surface area is 99.6 Å². The Morgan fingerprint density at radius 2 is 1.56 bits per heavy atom. The first-order valence-electron chi connectivity index (χ1n) is 5.36. The van der Waals surface area contributed by atoms with E-state index in [9.17, 15) is 4.79 Å². The lowest BCUT2D eigenvalue weighted by Gasteiger charge is -2.23. The van der Waals surface area contributed by atoms with Crippen LogP contribution in [0, 0.1) is 0 Å². The topological polar surface area (TPSA) is 70.8 Å². The molecule has 0 rings (SSSR count). The van der Waals surface area contributed by atoms with Crippen molar-refractivity contribution in [2.24, 2.45) is 5.73 Å². The summed E-state index contributed by atoms with van der Waals surface area (Å²) in [5.41, 5.74) is 5.36. The molecule has 0 radical (unpaired) electrons. The van der Waals surface area contributed by atoms with Crippen LogP contribution in [0.15, 0.2) is 0 Å². The van der Waals surface area contributed by atoms with Gasteiger partial charge in [0, 0.05) is 33.8 Å². The summed E-state index contributed by atoms with van der Waals surface area (Å²) in [5, 5.41) is 0. The Morgan fingerprint density at radius 3 is 1.75 bits per heavy atom. The minimum absolute atomic E-state index is 0.255. The smallest absolute Gasteiger partial charge is 0.377 e. The van der Waals surface area contributed by atoms with Gasteiger partial charge < -0.3 is 23.8 Å². The molecule has 0 amide bonds. The molecule has 16 heavy (non-hydrogen) atoms. The van der Waals surface area contributed by atoms with Crippen molar-refractivity contribution in [1.82, 2.24) is 0 Å². The second-order valence-corrected chi connectivity index (χ2v) is 6.33. The summed E-state index contributed by atoms with van der Waals surface area (Å²) in [5.74, 6) is 0.255. The highest BCUT2D eigenvalue weighted by Crippen LogP contribution is 2.13. The third kappa shape index (κ3) is 8.99. The standard InChI is InChI=1S/C6H17NO3Si.C4H8O/c1-8-11(9-2,10-3)6-4-5-7;1-3-4(2)5/h4-7H2,1-3H3;3H2,1-2H3. The monoisotopic (exact) mass is 251 g/mol. The quantitative estimate of drug-likeness (QED) is 0.688. The van der Waals surface area contributed by atoms with E-state index in [2.05, 4.69) is 0 Å². The minimum atomic E-state index is -2.32. The molecule has 2 N–H and O–H groups in total. The van der Waals surface area contributed by atoms with Crippen LogP contribution in [0.25, 0.3) is 0 Å². The van der Waals surface area contributed by atoms with Crippen molar-refractivity contribution in [2.45, 2.75) is 32.7 Å². The molecule has 0 saturated carbocycles. The van der Waals surface area contributed by atoms with Gasteiger partial charge in [0.1, 0.15) is 5.78 Å². The lowest BCUT2D eigenvalue weighted by atomic mass is 10.4. The number of carbonyl (C=O) groups is 1. The molecular weight excluding hydrogens is 226 g/mol. The summed E-state index contributed by atoms with van der Waals surface area (Å²) in [6.07, 6.45) is 1.54. The molecule has 0 heterocycles. The van der Waals surface area contributed by atoms with Gasteiger partial charge in [-0.1, -0.05) is 6.92 Å². The van der Waals surface area contributed by atoms with Crippen molar-refractivity contribution < 1.29 is 18.1 Å². The molecule has 0 unspecified atom stereocenters. The zero-order valence-corrected chi connectivity index (χ0v) is 12.0. The van der Waals surface area contributed by atoms with Crippen LogP contribution in [0.1, 0.15) is 26.7 Å². The maximum Gasteiger partial charge on any atom is 0.500 e. The molecule has 0 aromatic heterocycles. The SMILES string of the molecule is CCC(C)=O.CO[Si](CCCN)(OC)OC. The summed E-state index contributed by atoms with van der Waals surface area (Å²) in [6.45, 7) is 4.08. The molecule has 0 fully saturated rings. The minimum Gasteiger partial charge on any atom is -0.377 e. The predicted octanol–water partition coefficient (Wildman–Crippen LogP) is 1.20. The maximum atomic E-state index is 9.81. The largest absolute Gasteiger partial charge is 0.500 e. The van der Waals surface area contributed by atoms with Crippen LogP contribution >= 0.6 is 0 Å². The fraction of sp³-hybridized carbons (Fsp3) is 0.900. The lowest BCUT2D eigenvalue weighted by molar-refractivity contribution is -0.116. The molecule has 5 nitrogen and oxygen atoms in total. The molecule has 0 aromatic rings. The number of nitrogens with two attached hydrogens (primary N) is 1. The van der Waals surface area contributed by atoms with E-state index in [0.717, 1.165) is 12.5 Å². The zero-order valence-electron chi connectivity index (χ0n) is 11.0. The third-order valence-corrected chi connectivity index (χ3v) is 4.95. The van der Waals surface area contributed by atoms with Crippen LogP contribution in [0.3, 0.4) is 0 Å². The number of carbonyl (C=O) groups excluding carboxylic acids is 1. The van der Waals surface area contributed by atoms with Crippen molar-refractivity contribution >= 4 is 14.6 Å². The van der Waals surface area contributed by atoms with E-state index in [1.165, 1.54) is 0 Å². The van der Waals surface area contributed by atoms with Gasteiger partial charge in [-0.3, -0.25) is 0 Å². The fourth-order valence-electron chi connectivity index (χ4n) is 0.875. The van der Waals surface area contributed by atoms with Crippen LogP contribution in [-0.4, -0.2) is 42.5 Å². The Balaban J connectivity index is 0. The molecule has 0 bridgehead atoms. The summed E-state index contributed by atoms with van der Waals surface area (Å²) < 4.78 is 15.5. The van der Waals surface area contributed by atoms with Crippen molar-refractivity contribution in [3.8, 4) is 0 Å². The van der Waals surface area contributed by atoms with Gasteiger partial charge in [0.25, 0.3) is 0 Å². The zero-order chi connectivity index (χ0) is 13.0. The first kappa shape index (κ1) is 18.1. The van der Waals surface area contributed by atoms with Gasteiger partial charge in [-0.05, 0) is 19.9 Å². The molecule has 6 heteroatoms. The number of Topliss-reactive ketones (excluding diaryl/α,β-unsaturated/α-hetero) is 1. The summed E-state index contributed by atoms with van der Waals surface area (Å²) >= 11 is 0. The highest BCUT2D eigenvalue weighted by molar-refractivity contribution is 6.60. The molecule has 0 atom stereocenters. The van der Waals surface area contributed by atoms with Crippen LogP contribution in [-0.2, 0) is 18.1 Å². The Hall–Kier alpha value is -0.273. The number of ketones is 1. The van der Waals surface area contributed by atoms with E-state index < -0.39 is 8.80 Å². The normalized spacial score (nSPS) is 10.6. The van der Waals surface area contributed by atoms with Crippen molar-refractivity contribution in [3.63, 3.8) is 0 Å². The van der Waals surface area contributed by atoms with Gasteiger partial charge in [-0.25, -0.2) is 0 Å². The van der Waals surface area contributed by atoms with E-state index in [1.54, 1.807) is 28.3 Å². The predicted molar refractivity (Wildman–Crippen MR) is 66.2 cm³/mol. The summed E-state index contributed by atoms with van der Waals surface area (Å²) in [7, 11) is 2.50. The van der Waals surface area contributed by atoms with Crippen LogP contribution in [0.4, 0.5) is 0 Å². The molecule has 0 aromatic carbocycles. The fourth-order valence-corrected chi connectivity index (χ4v) is 2.62. The summed E-state index contributed by atoms with van der Waals surface area (Å²) in [4.78, 5) is 9.81. The first-order chi connectivity index (χ1) is 7.51. The van der Waals surface area contributed by atoms with Crippen LogP contribution in [0.2, 0.25) is 6.04 Å². The molecule has 0 aliphatic rings. The van der Waals surface area contributed by atoms with Crippen LogP contribution in [0.5, 0.6) is 0 Å². The Morgan fingerprint density at radius 1 is 1.19 bits per heavy atom. The number of hydrogen-bond donors (Lipinski definition) is 1.